The maximum Gasteiger partial charge on any atom is 0.0468 e. The zero-order chi connectivity index (χ0) is 12.7. The zero-order valence-electron chi connectivity index (χ0n) is 11.8. The Labute approximate surface area is 107 Å². The fraction of sp³-hybridized carbons (Fsp3) is 0.867. The zero-order valence-corrected chi connectivity index (χ0v) is 11.8. The van der Waals surface area contributed by atoms with Crippen LogP contribution in [0.2, 0.25) is 0 Å². The van der Waals surface area contributed by atoms with Gasteiger partial charge < -0.3 is 10.1 Å². The topological polar surface area (TPSA) is 21.3 Å². The van der Waals surface area contributed by atoms with Gasteiger partial charge in [0.05, 0.1) is 0 Å². The van der Waals surface area contributed by atoms with Crippen molar-refractivity contribution in [2.75, 3.05) is 26.3 Å². The van der Waals surface area contributed by atoms with E-state index in [1.807, 2.05) is 0 Å². The van der Waals surface area contributed by atoms with Crippen LogP contribution in [0.25, 0.3) is 0 Å². The van der Waals surface area contributed by atoms with E-state index in [9.17, 15) is 0 Å². The van der Waals surface area contributed by atoms with Gasteiger partial charge in [-0.25, -0.2) is 0 Å². The van der Waals surface area contributed by atoms with Gasteiger partial charge in [-0.2, -0.15) is 0 Å². The van der Waals surface area contributed by atoms with E-state index in [0.717, 1.165) is 32.2 Å². The second-order valence-electron chi connectivity index (χ2n) is 6.14. The third-order valence-electron chi connectivity index (χ3n) is 3.67. The maximum atomic E-state index is 5.42. The highest BCUT2D eigenvalue weighted by Gasteiger charge is 2.26. The van der Waals surface area contributed by atoms with Crippen LogP contribution in [0.5, 0.6) is 0 Å². The van der Waals surface area contributed by atoms with E-state index < -0.39 is 0 Å². The summed E-state index contributed by atoms with van der Waals surface area (Å²) in [6.45, 7) is 14.9. The summed E-state index contributed by atoms with van der Waals surface area (Å²) in [6.07, 6.45) is 5.81. The van der Waals surface area contributed by atoms with Gasteiger partial charge in [0.1, 0.15) is 0 Å². The highest BCUT2D eigenvalue weighted by molar-refractivity contribution is 4.94. The molecule has 1 unspecified atom stereocenters. The molecule has 1 fully saturated rings. The molecule has 0 saturated carbocycles. The summed E-state index contributed by atoms with van der Waals surface area (Å²) >= 11 is 0. The Hall–Kier alpha value is -0.340. The molecular formula is C15H29NO. The van der Waals surface area contributed by atoms with Crippen LogP contribution < -0.4 is 5.32 Å². The quantitative estimate of drug-likeness (QED) is 0.689. The number of rotatable bonds is 7. The molecule has 17 heavy (non-hydrogen) atoms. The van der Waals surface area contributed by atoms with Crippen molar-refractivity contribution in [1.29, 1.82) is 0 Å². The van der Waals surface area contributed by atoms with Gasteiger partial charge in [-0.1, -0.05) is 26.8 Å². The second kappa shape index (κ2) is 7.17. The minimum Gasteiger partial charge on any atom is -0.381 e. The monoisotopic (exact) mass is 239 g/mol. The number of hydrogen-bond donors (Lipinski definition) is 1. The molecule has 0 amide bonds. The molecule has 0 spiro atoms. The Morgan fingerprint density at radius 2 is 2.06 bits per heavy atom. The average Bonchev–Trinajstić information content (AvgIpc) is 2.30. The minimum atomic E-state index is 0.233. The van der Waals surface area contributed by atoms with Crippen molar-refractivity contribution in [3.63, 3.8) is 0 Å². The second-order valence-corrected chi connectivity index (χ2v) is 6.14. The molecule has 0 aromatic carbocycles. The van der Waals surface area contributed by atoms with Crippen LogP contribution in [0, 0.1) is 17.3 Å². The Morgan fingerprint density at radius 1 is 1.41 bits per heavy atom. The summed E-state index contributed by atoms with van der Waals surface area (Å²) in [5.74, 6) is 1.53. The van der Waals surface area contributed by atoms with Crippen molar-refractivity contribution < 1.29 is 4.74 Å². The normalized spacial score (nSPS) is 21.4. The van der Waals surface area contributed by atoms with Crippen molar-refractivity contribution in [3.8, 4) is 0 Å². The predicted molar refractivity (Wildman–Crippen MR) is 74.2 cm³/mol. The third-order valence-corrected chi connectivity index (χ3v) is 3.67. The highest BCUT2D eigenvalue weighted by atomic mass is 16.5. The summed E-state index contributed by atoms with van der Waals surface area (Å²) in [6, 6.07) is 0. The molecule has 1 aliphatic rings. The SMILES string of the molecule is C=CC(C)(CNCC(C)C)CC1CCOCC1. The summed E-state index contributed by atoms with van der Waals surface area (Å²) < 4.78 is 5.42. The summed E-state index contributed by atoms with van der Waals surface area (Å²) in [7, 11) is 0. The number of hydrogen-bond acceptors (Lipinski definition) is 2. The van der Waals surface area contributed by atoms with E-state index in [2.05, 4.69) is 38.7 Å². The molecule has 2 heteroatoms. The van der Waals surface area contributed by atoms with E-state index in [4.69, 9.17) is 4.74 Å². The smallest absolute Gasteiger partial charge is 0.0468 e. The van der Waals surface area contributed by atoms with Gasteiger partial charge in [0, 0.05) is 19.8 Å². The predicted octanol–water partition coefficient (Wildman–Crippen LogP) is 3.24. The fourth-order valence-corrected chi connectivity index (χ4v) is 2.48. The lowest BCUT2D eigenvalue weighted by molar-refractivity contribution is 0.0541. The summed E-state index contributed by atoms with van der Waals surface area (Å²) in [5.41, 5.74) is 0.233. The lowest BCUT2D eigenvalue weighted by atomic mass is 9.78. The van der Waals surface area contributed by atoms with Crippen molar-refractivity contribution in [3.05, 3.63) is 12.7 Å². The summed E-state index contributed by atoms with van der Waals surface area (Å²) in [5, 5.41) is 3.56. The Kier molecular flexibility index (Phi) is 6.21. The van der Waals surface area contributed by atoms with Gasteiger partial charge >= 0.3 is 0 Å². The summed E-state index contributed by atoms with van der Waals surface area (Å²) in [4.78, 5) is 0. The van der Waals surface area contributed by atoms with Crippen LogP contribution in [0.15, 0.2) is 12.7 Å². The van der Waals surface area contributed by atoms with E-state index >= 15 is 0 Å². The molecule has 1 aliphatic heterocycles. The van der Waals surface area contributed by atoms with Crippen LogP contribution in [0.1, 0.15) is 40.0 Å². The van der Waals surface area contributed by atoms with Gasteiger partial charge in [0.25, 0.3) is 0 Å². The molecule has 1 atom stereocenters. The van der Waals surface area contributed by atoms with E-state index in [-0.39, 0.29) is 5.41 Å². The number of nitrogens with one attached hydrogen (secondary N) is 1. The van der Waals surface area contributed by atoms with Crippen LogP contribution in [0.4, 0.5) is 0 Å². The molecule has 0 aliphatic carbocycles. The van der Waals surface area contributed by atoms with Crippen LogP contribution in [-0.2, 0) is 4.74 Å². The molecule has 0 aromatic heterocycles. The fourth-order valence-electron chi connectivity index (χ4n) is 2.48. The molecular weight excluding hydrogens is 210 g/mol. The van der Waals surface area contributed by atoms with Crippen molar-refractivity contribution >= 4 is 0 Å². The van der Waals surface area contributed by atoms with Crippen LogP contribution in [-0.4, -0.2) is 26.3 Å². The molecule has 1 heterocycles. The van der Waals surface area contributed by atoms with Crippen molar-refractivity contribution in [1.82, 2.24) is 5.32 Å². The van der Waals surface area contributed by atoms with E-state index in [0.29, 0.717) is 5.92 Å². The van der Waals surface area contributed by atoms with Crippen LogP contribution in [0.3, 0.4) is 0 Å². The molecule has 0 radical (unpaired) electrons. The first-order valence-corrected chi connectivity index (χ1v) is 6.98. The maximum absolute atomic E-state index is 5.42. The van der Waals surface area contributed by atoms with Crippen LogP contribution >= 0.6 is 0 Å². The molecule has 1 rings (SSSR count). The molecule has 0 aromatic rings. The molecule has 0 bridgehead atoms. The van der Waals surface area contributed by atoms with Gasteiger partial charge in [0.15, 0.2) is 0 Å². The largest absolute Gasteiger partial charge is 0.381 e. The first-order valence-electron chi connectivity index (χ1n) is 6.98. The van der Waals surface area contributed by atoms with Crippen molar-refractivity contribution in [2.45, 2.75) is 40.0 Å². The number of ether oxygens (including phenoxy) is 1. The minimum absolute atomic E-state index is 0.233. The van der Waals surface area contributed by atoms with Gasteiger partial charge in [-0.05, 0) is 43.1 Å². The Morgan fingerprint density at radius 3 is 2.59 bits per heavy atom. The molecule has 1 saturated heterocycles. The third kappa shape index (κ3) is 5.69. The lowest BCUT2D eigenvalue weighted by Crippen LogP contribution is -2.35. The Bertz CT molecular complexity index is 221. The van der Waals surface area contributed by atoms with Crippen molar-refractivity contribution in [2.24, 2.45) is 17.3 Å². The van der Waals surface area contributed by atoms with Gasteiger partial charge in [0.2, 0.25) is 0 Å². The standard InChI is InChI=1S/C15H29NO/c1-5-15(4,12-16-11-13(2)3)10-14-6-8-17-9-7-14/h5,13-14,16H,1,6-12H2,2-4H3. The van der Waals surface area contributed by atoms with Gasteiger partial charge in [-0.3, -0.25) is 0 Å². The first-order chi connectivity index (χ1) is 8.06. The molecule has 1 N–H and O–H groups in total. The molecule has 2 nitrogen and oxygen atoms in total. The van der Waals surface area contributed by atoms with Gasteiger partial charge in [-0.15, -0.1) is 6.58 Å². The Balaban J connectivity index is 2.35. The highest BCUT2D eigenvalue weighted by Crippen LogP contribution is 2.31. The average molecular weight is 239 g/mol. The first kappa shape index (κ1) is 14.7. The van der Waals surface area contributed by atoms with E-state index in [1.165, 1.54) is 19.3 Å². The lowest BCUT2D eigenvalue weighted by Gasteiger charge is -2.33. The molecule has 100 valence electrons. The van der Waals surface area contributed by atoms with E-state index in [1.54, 1.807) is 0 Å².